The number of fused-ring (bicyclic) bond motifs is 5. The number of hydrogen-bond acceptors (Lipinski definition) is 3. The first kappa shape index (κ1) is 15.0. The van der Waals surface area contributed by atoms with E-state index in [0.717, 1.165) is 71.4 Å². The highest BCUT2D eigenvalue weighted by molar-refractivity contribution is 5.96. The maximum atomic E-state index is 12.4. The number of unbranched alkanes of at least 4 members (excludes halogenated alkanes) is 1. The molecule has 122 valence electrons. The highest BCUT2D eigenvalue weighted by Gasteiger charge is 2.30. The Kier molecular flexibility index (Phi) is 3.64. The summed E-state index contributed by atoms with van der Waals surface area (Å²) in [4.78, 5) is 12.4. The van der Waals surface area contributed by atoms with Crippen LogP contribution >= 0.6 is 0 Å². The number of phenols is 1. The molecule has 0 spiro atoms. The van der Waals surface area contributed by atoms with Gasteiger partial charge in [0.1, 0.15) is 11.5 Å². The van der Waals surface area contributed by atoms with Crippen LogP contribution < -0.4 is 10.2 Å². The zero-order chi connectivity index (χ0) is 16.7. The highest BCUT2D eigenvalue weighted by Crippen LogP contribution is 2.42. The molecule has 0 fully saturated rings. The summed E-state index contributed by atoms with van der Waals surface area (Å²) in [6.45, 7) is 2.86. The van der Waals surface area contributed by atoms with Gasteiger partial charge in [-0.05, 0) is 65.8 Å². The van der Waals surface area contributed by atoms with Crippen LogP contribution in [-0.4, -0.2) is 11.7 Å². The van der Waals surface area contributed by atoms with Gasteiger partial charge in [0.05, 0.1) is 6.61 Å². The van der Waals surface area contributed by atoms with E-state index in [2.05, 4.69) is 13.0 Å². The lowest BCUT2D eigenvalue weighted by Crippen LogP contribution is -2.00. The Morgan fingerprint density at radius 3 is 2.38 bits per heavy atom. The first-order valence-corrected chi connectivity index (χ1v) is 8.56. The van der Waals surface area contributed by atoms with Gasteiger partial charge in [-0.3, -0.25) is 4.79 Å². The van der Waals surface area contributed by atoms with Crippen molar-refractivity contribution in [2.45, 2.75) is 32.6 Å². The Bertz CT molecular complexity index is 913. The van der Waals surface area contributed by atoms with Crippen molar-refractivity contribution in [3.05, 3.63) is 57.7 Å². The number of rotatable bonds is 4. The van der Waals surface area contributed by atoms with Gasteiger partial charge in [-0.25, -0.2) is 0 Å². The summed E-state index contributed by atoms with van der Waals surface area (Å²) in [7, 11) is 0. The van der Waals surface area contributed by atoms with Crippen molar-refractivity contribution in [1.29, 1.82) is 0 Å². The Balaban J connectivity index is 1.73. The van der Waals surface area contributed by atoms with Gasteiger partial charge >= 0.3 is 0 Å². The molecule has 0 aliphatic heterocycles. The van der Waals surface area contributed by atoms with Crippen molar-refractivity contribution < 1.29 is 9.84 Å². The predicted octanol–water partition coefficient (Wildman–Crippen LogP) is 4.24. The third kappa shape index (κ3) is 2.50. The van der Waals surface area contributed by atoms with Crippen molar-refractivity contribution >= 4 is 0 Å². The fourth-order valence-corrected chi connectivity index (χ4v) is 3.43. The van der Waals surface area contributed by atoms with E-state index in [1.807, 2.05) is 18.2 Å². The number of ether oxygens (including phenoxy) is 1. The predicted molar refractivity (Wildman–Crippen MR) is 95.4 cm³/mol. The Labute approximate surface area is 141 Å². The minimum absolute atomic E-state index is 0.129. The molecule has 3 heteroatoms. The van der Waals surface area contributed by atoms with E-state index in [9.17, 15) is 9.90 Å². The normalized spacial score (nSPS) is 12.9. The quantitative estimate of drug-likeness (QED) is 0.731. The van der Waals surface area contributed by atoms with Gasteiger partial charge in [-0.1, -0.05) is 25.5 Å². The summed E-state index contributed by atoms with van der Waals surface area (Å²) >= 11 is 0. The van der Waals surface area contributed by atoms with Crippen LogP contribution in [0.25, 0.3) is 22.3 Å². The van der Waals surface area contributed by atoms with Crippen molar-refractivity contribution in [3.63, 3.8) is 0 Å². The number of benzene rings is 2. The average Bonchev–Trinajstić information content (AvgIpc) is 3.22. The van der Waals surface area contributed by atoms with Gasteiger partial charge < -0.3 is 9.84 Å². The van der Waals surface area contributed by atoms with E-state index in [-0.39, 0.29) is 11.2 Å². The van der Waals surface area contributed by atoms with Crippen LogP contribution in [0.4, 0.5) is 0 Å². The smallest absolute Gasteiger partial charge is 0.195 e. The summed E-state index contributed by atoms with van der Waals surface area (Å²) in [5, 5.41) is 9.76. The molecule has 3 aromatic rings. The number of aromatic hydroxyl groups is 1. The first-order valence-electron chi connectivity index (χ1n) is 8.56. The Morgan fingerprint density at radius 1 is 1.00 bits per heavy atom. The molecule has 0 unspecified atom stereocenters. The monoisotopic (exact) mass is 320 g/mol. The van der Waals surface area contributed by atoms with E-state index in [4.69, 9.17) is 4.74 Å². The standard InChI is InChI=1S/C21H20O3/c1-2-3-10-24-16-7-9-18-14(12-16)5-4-13-11-15(22)6-8-17(13)19-20(18)21(19)23/h6-9,11-12,22H,2-5,10H2,1H3. The third-order valence-electron chi connectivity index (χ3n) is 4.78. The van der Waals surface area contributed by atoms with Gasteiger partial charge in [0.25, 0.3) is 0 Å². The SMILES string of the molecule is CCCCOc1ccc2c(c1)CCc1cc(O)ccc1-c1c-2c1=O. The lowest BCUT2D eigenvalue weighted by atomic mass is 9.91. The van der Waals surface area contributed by atoms with Crippen molar-refractivity contribution in [1.82, 2.24) is 0 Å². The fraction of sp³-hybridized carbons (Fsp3) is 0.286. The molecule has 0 heterocycles. The van der Waals surface area contributed by atoms with Crippen LogP contribution in [0.3, 0.4) is 0 Å². The summed E-state index contributed by atoms with van der Waals surface area (Å²) in [5.41, 5.74) is 5.97. The molecule has 1 aliphatic rings. The van der Waals surface area contributed by atoms with Gasteiger partial charge in [0.15, 0.2) is 5.43 Å². The first-order chi connectivity index (χ1) is 11.7. The minimum Gasteiger partial charge on any atom is -0.508 e. The van der Waals surface area contributed by atoms with Crippen LogP contribution in [0, 0.1) is 0 Å². The molecule has 0 saturated carbocycles. The molecule has 3 nitrogen and oxygen atoms in total. The second-order valence-corrected chi connectivity index (χ2v) is 6.44. The second-order valence-electron chi connectivity index (χ2n) is 6.44. The van der Waals surface area contributed by atoms with Gasteiger partial charge in [0, 0.05) is 11.1 Å². The van der Waals surface area contributed by atoms with E-state index in [1.165, 1.54) is 0 Å². The zero-order valence-corrected chi connectivity index (χ0v) is 13.8. The van der Waals surface area contributed by atoms with E-state index < -0.39 is 0 Å². The molecule has 1 aliphatic carbocycles. The van der Waals surface area contributed by atoms with Crippen molar-refractivity contribution in [2.24, 2.45) is 0 Å². The fourth-order valence-electron chi connectivity index (χ4n) is 3.43. The molecular weight excluding hydrogens is 300 g/mol. The summed E-state index contributed by atoms with van der Waals surface area (Å²) < 4.78 is 5.81. The zero-order valence-electron chi connectivity index (χ0n) is 13.8. The molecule has 0 saturated heterocycles. The summed E-state index contributed by atoms with van der Waals surface area (Å²) in [6.07, 6.45) is 3.79. The largest absolute Gasteiger partial charge is 0.508 e. The Morgan fingerprint density at radius 2 is 1.67 bits per heavy atom. The second kappa shape index (κ2) is 5.82. The average molecular weight is 320 g/mol. The molecule has 24 heavy (non-hydrogen) atoms. The molecule has 0 amide bonds. The van der Waals surface area contributed by atoms with E-state index in [0.29, 0.717) is 0 Å². The maximum Gasteiger partial charge on any atom is 0.195 e. The molecule has 1 N–H and O–H groups in total. The van der Waals surface area contributed by atoms with Crippen LogP contribution in [-0.2, 0) is 12.8 Å². The number of aryl methyl sites for hydroxylation is 2. The topological polar surface area (TPSA) is 46.5 Å². The van der Waals surface area contributed by atoms with Crippen molar-refractivity contribution in [3.8, 4) is 33.8 Å². The molecular formula is C21H20O3. The minimum atomic E-state index is 0.129. The molecule has 3 aromatic carbocycles. The Hall–Kier alpha value is -2.55. The highest BCUT2D eigenvalue weighted by atomic mass is 16.5. The van der Waals surface area contributed by atoms with E-state index >= 15 is 0 Å². The van der Waals surface area contributed by atoms with E-state index in [1.54, 1.807) is 12.1 Å². The number of phenolic OH excluding ortho intramolecular Hbond substituents is 1. The van der Waals surface area contributed by atoms with Gasteiger partial charge in [-0.2, -0.15) is 0 Å². The maximum absolute atomic E-state index is 12.4. The lowest BCUT2D eigenvalue weighted by molar-refractivity contribution is 0.309. The summed E-state index contributed by atoms with van der Waals surface area (Å²) in [6, 6.07) is 11.3. The molecule has 0 radical (unpaired) electrons. The van der Waals surface area contributed by atoms with Crippen molar-refractivity contribution in [2.75, 3.05) is 6.61 Å². The van der Waals surface area contributed by atoms with Crippen LogP contribution in [0.1, 0.15) is 30.9 Å². The van der Waals surface area contributed by atoms with Crippen LogP contribution in [0.15, 0.2) is 41.2 Å². The molecule has 0 bridgehead atoms. The summed E-state index contributed by atoms with van der Waals surface area (Å²) in [5.74, 6) is 1.12. The third-order valence-corrected chi connectivity index (χ3v) is 4.78. The van der Waals surface area contributed by atoms with Crippen LogP contribution in [0.5, 0.6) is 11.5 Å². The molecule has 0 atom stereocenters. The number of hydrogen-bond donors (Lipinski definition) is 1. The molecule has 4 rings (SSSR count). The van der Waals surface area contributed by atoms with Crippen LogP contribution in [0.2, 0.25) is 0 Å². The van der Waals surface area contributed by atoms with Gasteiger partial charge in [0.2, 0.25) is 0 Å². The van der Waals surface area contributed by atoms with Gasteiger partial charge in [-0.15, -0.1) is 0 Å². The molecule has 0 aromatic heterocycles. The lowest BCUT2D eigenvalue weighted by Gasteiger charge is -2.14.